The van der Waals surface area contributed by atoms with Crippen LogP contribution in [0.25, 0.3) is 11.4 Å². The topological polar surface area (TPSA) is 86.0 Å². The van der Waals surface area contributed by atoms with E-state index in [0.29, 0.717) is 24.8 Å². The molecule has 1 fully saturated rings. The summed E-state index contributed by atoms with van der Waals surface area (Å²) in [6, 6.07) is 3.75. The molecule has 2 aromatic heterocycles. The number of pyridine rings is 1. The van der Waals surface area contributed by atoms with Crippen LogP contribution < -0.4 is 0 Å². The van der Waals surface area contributed by atoms with Crippen LogP contribution in [0.1, 0.15) is 12.8 Å². The van der Waals surface area contributed by atoms with E-state index in [0.717, 1.165) is 24.9 Å². The van der Waals surface area contributed by atoms with Crippen LogP contribution in [0.3, 0.4) is 0 Å². The first-order valence-electron chi connectivity index (χ1n) is 7.71. The van der Waals surface area contributed by atoms with E-state index in [4.69, 9.17) is 4.74 Å². The molecule has 122 valence electrons. The number of tetrazole rings is 1. The van der Waals surface area contributed by atoms with Crippen molar-refractivity contribution in [2.45, 2.75) is 19.4 Å². The van der Waals surface area contributed by atoms with E-state index in [1.54, 1.807) is 24.3 Å². The van der Waals surface area contributed by atoms with Crippen LogP contribution in [-0.4, -0.2) is 62.8 Å². The first kappa shape index (κ1) is 15.5. The van der Waals surface area contributed by atoms with Gasteiger partial charge in [-0.05, 0) is 36.1 Å². The average molecular weight is 316 g/mol. The number of carbonyl (C=O) groups excluding carboxylic acids is 1. The second-order valence-corrected chi connectivity index (χ2v) is 5.69. The minimum absolute atomic E-state index is 0.0415. The Kier molecular flexibility index (Phi) is 4.92. The fourth-order valence-electron chi connectivity index (χ4n) is 2.82. The van der Waals surface area contributed by atoms with Gasteiger partial charge in [-0.2, -0.15) is 4.80 Å². The monoisotopic (exact) mass is 316 g/mol. The van der Waals surface area contributed by atoms with E-state index in [-0.39, 0.29) is 12.5 Å². The summed E-state index contributed by atoms with van der Waals surface area (Å²) in [6.45, 7) is 2.31. The molecule has 0 N–H and O–H groups in total. The highest BCUT2D eigenvalue weighted by atomic mass is 16.5. The molecule has 3 rings (SSSR count). The van der Waals surface area contributed by atoms with Gasteiger partial charge in [-0.3, -0.25) is 9.78 Å². The molecular weight excluding hydrogens is 296 g/mol. The molecule has 8 heteroatoms. The zero-order chi connectivity index (χ0) is 16.1. The van der Waals surface area contributed by atoms with Crippen LogP contribution in [0.4, 0.5) is 0 Å². The van der Waals surface area contributed by atoms with Crippen molar-refractivity contribution < 1.29 is 9.53 Å². The van der Waals surface area contributed by atoms with Crippen molar-refractivity contribution in [3.05, 3.63) is 24.5 Å². The molecule has 2 aromatic rings. The van der Waals surface area contributed by atoms with Gasteiger partial charge < -0.3 is 9.64 Å². The Hall–Kier alpha value is -2.35. The summed E-state index contributed by atoms with van der Waals surface area (Å²) in [4.78, 5) is 19.5. The van der Waals surface area contributed by atoms with Gasteiger partial charge in [-0.1, -0.05) is 0 Å². The Bertz CT molecular complexity index is 644. The highest BCUT2D eigenvalue weighted by molar-refractivity contribution is 5.77. The first-order chi connectivity index (χ1) is 11.3. The number of aromatic nitrogens is 5. The zero-order valence-corrected chi connectivity index (χ0v) is 13.1. The molecule has 0 aromatic carbocycles. The predicted octanol–water partition coefficient (Wildman–Crippen LogP) is 0.620. The van der Waals surface area contributed by atoms with Crippen molar-refractivity contribution in [2.75, 3.05) is 26.8 Å². The van der Waals surface area contributed by atoms with E-state index in [2.05, 4.69) is 20.4 Å². The fraction of sp³-hybridized carbons (Fsp3) is 0.533. The van der Waals surface area contributed by atoms with Gasteiger partial charge in [-0.15, -0.1) is 10.2 Å². The molecule has 3 heterocycles. The molecule has 1 aliphatic heterocycles. The Morgan fingerprint density at radius 2 is 2.39 bits per heavy atom. The summed E-state index contributed by atoms with van der Waals surface area (Å²) in [7, 11) is 1.54. The number of likely N-dealkylation sites (tertiary alicyclic amines) is 1. The quantitative estimate of drug-likeness (QED) is 0.804. The van der Waals surface area contributed by atoms with Crippen molar-refractivity contribution in [1.82, 2.24) is 30.1 Å². The number of nitrogens with zero attached hydrogens (tertiary/aromatic N) is 6. The van der Waals surface area contributed by atoms with Crippen molar-refractivity contribution in [3.63, 3.8) is 0 Å². The largest absolute Gasteiger partial charge is 0.375 e. The maximum Gasteiger partial charge on any atom is 0.248 e. The van der Waals surface area contributed by atoms with Gasteiger partial charge in [0.1, 0.15) is 6.61 Å². The van der Waals surface area contributed by atoms with E-state index >= 15 is 0 Å². The first-order valence-corrected chi connectivity index (χ1v) is 7.71. The molecule has 0 saturated carbocycles. The molecular formula is C15H20N6O2. The standard InChI is InChI=1S/C15H20N6O2/c1-23-11-14(22)20-7-3-4-12(9-20)10-21-18-15(17-19-21)13-5-2-6-16-8-13/h2,5-6,8,12H,3-4,7,9-11H2,1H3/t12-/m0/s1. The molecule has 1 atom stereocenters. The molecule has 0 bridgehead atoms. The van der Waals surface area contributed by atoms with Crippen LogP contribution in [0.5, 0.6) is 0 Å². The number of hydrogen-bond donors (Lipinski definition) is 0. The van der Waals surface area contributed by atoms with Gasteiger partial charge >= 0.3 is 0 Å². The maximum atomic E-state index is 11.9. The lowest BCUT2D eigenvalue weighted by atomic mass is 9.98. The maximum absolute atomic E-state index is 11.9. The second-order valence-electron chi connectivity index (χ2n) is 5.69. The number of carbonyl (C=O) groups is 1. The highest BCUT2D eigenvalue weighted by Gasteiger charge is 2.24. The minimum Gasteiger partial charge on any atom is -0.375 e. The van der Waals surface area contributed by atoms with Crippen LogP contribution in [0.2, 0.25) is 0 Å². The Morgan fingerprint density at radius 1 is 1.48 bits per heavy atom. The lowest BCUT2D eigenvalue weighted by Gasteiger charge is -2.32. The molecule has 0 radical (unpaired) electrons. The van der Waals surface area contributed by atoms with Gasteiger partial charge in [0.25, 0.3) is 0 Å². The highest BCUT2D eigenvalue weighted by Crippen LogP contribution is 2.18. The number of ether oxygens (including phenoxy) is 1. The third-order valence-corrected chi connectivity index (χ3v) is 3.93. The predicted molar refractivity (Wildman–Crippen MR) is 82.2 cm³/mol. The molecule has 1 amide bonds. The molecule has 1 saturated heterocycles. The van der Waals surface area contributed by atoms with Crippen molar-refractivity contribution in [3.8, 4) is 11.4 Å². The molecule has 0 unspecified atom stereocenters. The number of methoxy groups -OCH3 is 1. The third-order valence-electron chi connectivity index (χ3n) is 3.93. The molecule has 23 heavy (non-hydrogen) atoms. The summed E-state index contributed by atoms with van der Waals surface area (Å²) in [6.07, 6.45) is 5.47. The summed E-state index contributed by atoms with van der Waals surface area (Å²) in [5.41, 5.74) is 0.847. The Labute approximate surface area is 134 Å². The zero-order valence-electron chi connectivity index (χ0n) is 13.1. The number of amides is 1. The van der Waals surface area contributed by atoms with Crippen LogP contribution in [-0.2, 0) is 16.1 Å². The van der Waals surface area contributed by atoms with E-state index in [1.165, 1.54) is 0 Å². The molecule has 0 spiro atoms. The van der Waals surface area contributed by atoms with E-state index in [1.807, 2.05) is 17.0 Å². The summed E-state index contributed by atoms with van der Waals surface area (Å²) in [5, 5.41) is 12.6. The molecule has 8 nitrogen and oxygen atoms in total. The molecule has 1 aliphatic rings. The average Bonchev–Trinajstić information content (AvgIpc) is 3.05. The van der Waals surface area contributed by atoms with Crippen LogP contribution in [0.15, 0.2) is 24.5 Å². The number of hydrogen-bond acceptors (Lipinski definition) is 6. The Morgan fingerprint density at radius 3 is 3.17 bits per heavy atom. The van der Waals surface area contributed by atoms with E-state index in [9.17, 15) is 4.79 Å². The van der Waals surface area contributed by atoms with Crippen molar-refractivity contribution in [1.29, 1.82) is 0 Å². The lowest BCUT2D eigenvalue weighted by molar-refractivity contribution is -0.137. The minimum atomic E-state index is 0.0415. The summed E-state index contributed by atoms with van der Waals surface area (Å²) in [5.74, 6) is 0.946. The van der Waals surface area contributed by atoms with Crippen LogP contribution in [0, 0.1) is 5.92 Å². The van der Waals surface area contributed by atoms with Gasteiger partial charge in [-0.25, -0.2) is 0 Å². The number of rotatable bonds is 5. The van der Waals surface area contributed by atoms with Gasteiger partial charge in [0, 0.05) is 38.2 Å². The fourth-order valence-corrected chi connectivity index (χ4v) is 2.82. The lowest BCUT2D eigenvalue weighted by Crippen LogP contribution is -2.42. The van der Waals surface area contributed by atoms with Crippen molar-refractivity contribution in [2.24, 2.45) is 5.92 Å². The summed E-state index contributed by atoms with van der Waals surface area (Å²) < 4.78 is 4.93. The smallest absolute Gasteiger partial charge is 0.248 e. The van der Waals surface area contributed by atoms with Gasteiger partial charge in [0.15, 0.2) is 0 Å². The molecule has 0 aliphatic carbocycles. The van der Waals surface area contributed by atoms with Crippen molar-refractivity contribution >= 4 is 5.91 Å². The normalized spacial score (nSPS) is 18.1. The van der Waals surface area contributed by atoms with E-state index < -0.39 is 0 Å². The SMILES string of the molecule is COCC(=O)N1CCC[C@H](Cn2nnc(-c3cccnc3)n2)C1. The van der Waals surface area contributed by atoms with Gasteiger partial charge in [0.05, 0.1) is 6.54 Å². The third kappa shape index (κ3) is 3.89. The Balaban J connectivity index is 1.61. The number of piperidine rings is 1. The second kappa shape index (κ2) is 7.28. The summed E-state index contributed by atoms with van der Waals surface area (Å²) >= 11 is 0. The van der Waals surface area contributed by atoms with Crippen LogP contribution >= 0.6 is 0 Å². The van der Waals surface area contributed by atoms with Gasteiger partial charge in [0.2, 0.25) is 11.7 Å².